The SMILES string of the molecule is CCc1nsc(N(Cc2ccccc2)CC(C)(C)O)n1. The molecule has 0 saturated carbocycles. The van der Waals surface area contributed by atoms with Gasteiger partial charge in [-0.15, -0.1) is 0 Å². The summed E-state index contributed by atoms with van der Waals surface area (Å²) in [5.74, 6) is 0.860. The van der Waals surface area contributed by atoms with E-state index < -0.39 is 5.60 Å². The maximum Gasteiger partial charge on any atom is 0.205 e. The molecule has 4 nitrogen and oxygen atoms in total. The molecule has 0 spiro atoms. The Morgan fingerprint density at radius 3 is 2.50 bits per heavy atom. The molecular weight excluding hydrogens is 270 g/mol. The van der Waals surface area contributed by atoms with Crippen LogP contribution in [0.5, 0.6) is 0 Å². The molecule has 0 saturated heterocycles. The number of hydrogen-bond acceptors (Lipinski definition) is 5. The molecule has 20 heavy (non-hydrogen) atoms. The fraction of sp³-hybridized carbons (Fsp3) is 0.467. The van der Waals surface area contributed by atoms with E-state index in [9.17, 15) is 5.11 Å². The second-order valence-electron chi connectivity index (χ2n) is 5.50. The summed E-state index contributed by atoms with van der Waals surface area (Å²) in [5.41, 5.74) is 0.428. The maximum absolute atomic E-state index is 10.1. The first-order valence-electron chi connectivity index (χ1n) is 6.82. The van der Waals surface area contributed by atoms with Gasteiger partial charge >= 0.3 is 0 Å². The molecule has 0 aliphatic heterocycles. The van der Waals surface area contributed by atoms with Crippen LogP contribution in [0.2, 0.25) is 0 Å². The number of aliphatic hydroxyl groups is 1. The lowest BCUT2D eigenvalue weighted by Gasteiger charge is -2.28. The minimum Gasteiger partial charge on any atom is -0.389 e. The van der Waals surface area contributed by atoms with E-state index in [-0.39, 0.29) is 0 Å². The summed E-state index contributed by atoms with van der Waals surface area (Å²) in [6, 6.07) is 10.2. The van der Waals surface area contributed by atoms with E-state index in [1.54, 1.807) is 0 Å². The summed E-state index contributed by atoms with van der Waals surface area (Å²) in [6.45, 7) is 6.92. The van der Waals surface area contributed by atoms with Gasteiger partial charge in [-0.3, -0.25) is 0 Å². The van der Waals surface area contributed by atoms with Gasteiger partial charge in [-0.25, -0.2) is 4.98 Å². The van der Waals surface area contributed by atoms with Crippen LogP contribution in [0.25, 0.3) is 0 Å². The predicted octanol–water partition coefficient (Wildman–Crippen LogP) is 2.88. The van der Waals surface area contributed by atoms with Crippen LogP contribution < -0.4 is 4.90 Å². The van der Waals surface area contributed by atoms with Gasteiger partial charge in [0.05, 0.1) is 5.60 Å². The van der Waals surface area contributed by atoms with Crippen molar-refractivity contribution in [3.8, 4) is 0 Å². The number of nitrogens with zero attached hydrogens (tertiary/aromatic N) is 3. The molecule has 0 bridgehead atoms. The Morgan fingerprint density at radius 2 is 1.95 bits per heavy atom. The van der Waals surface area contributed by atoms with E-state index in [1.807, 2.05) is 39.0 Å². The van der Waals surface area contributed by atoms with Gasteiger partial charge in [-0.2, -0.15) is 4.37 Å². The molecule has 108 valence electrons. The van der Waals surface area contributed by atoms with Gasteiger partial charge in [0.25, 0.3) is 0 Å². The Hall–Kier alpha value is -1.46. The van der Waals surface area contributed by atoms with Crippen LogP contribution in [-0.4, -0.2) is 26.6 Å². The Balaban J connectivity index is 2.20. The lowest BCUT2D eigenvalue weighted by molar-refractivity contribution is 0.0870. The number of benzene rings is 1. The van der Waals surface area contributed by atoms with Crippen LogP contribution >= 0.6 is 11.5 Å². The van der Waals surface area contributed by atoms with Crippen molar-refractivity contribution in [2.45, 2.75) is 39.3 Å². The van der Waals surface area contributed by atoms with E-state index in [0.717, 1.165) is 23.9 Å². The van der Waals surface area contributed by atoms with Crippen LogP contribution in [0.3, 0.4) is 0 Å². The molecule has 2 rings (SSSR count). The smallest absolute Gasteiger partial charge is 0.205 e. The molecule has 1 heterocycles. The number of anilines is 1. The third-order valence-corrected chi connectivity index (χ3v) is 3.65. The summed E-state index contributed by atoms with van der Waals surface area (Å²) >= 11 is 1.40. The molecule has 1 aromatic carbocycles. The van der Waals surface area contributed by atoms with Crippen molar-refractivity contribution in [3.05, 3.63) is 41.7 Å². The molecule has 0 unspecified atom stereocenters. The molecule has 2 aromatic rings. The number of rotatable bonds is 6. The standard InChI is InChI=1S/C15H21N3OS/c1-4-13-16-14(20-17-13)18(11-15(2,3)19)10-12-8-6-5-7-9-12/h5-9,19H,4,10-11H2,1-3H3. The zero-order valence-corrected chi connectivity index (χ0v) is 13.0. The molecule has 1 aromatic heterocycles. The van der Waals surface area contributed by atoms with Crippen molar-refractivity contribution >= 4 is 16.7 Å². The van der Waals surface area contributed by atoms with E-state index in [1.165, 1.54) is 17.1 Å². The molecule has 5 heteroatoms. The van der Waals surface area contributed by atoms with Crippen molar-refractivity contribution in [1.29, 1.82) is 0 Å². The van der Waals surface area contributed by atoms with E-state index in [0.29, 0.717) is 6.54 Å². The van der Waals surface area contributed by atoms with Gasteiger partial charge in [0, 0.05) is 31.0 Å². The van der Waals surface area contributed by atoms with Crippen LogP contribution in [-0.2, 0) is 13.0 Å². The van der Waals surface area contributed by atoms with Crippen molar-refractivity contribution in [1.82, 2.24) is 9.36 Å². The molecule has 1 N–H and O–H groups in total. The highest BCUT2D eigenvalue weighted by Crippen LogP contribution is 2.22. The van der Waals surface area contributed by atoms with E-state index in [4.69, 9.17) is 0 Å². The van der Waals surface area contributed by atoms with Crippen LogP contribution in [0.4, 0.5) is 5.13 Å². The van der Waals surface area contributed by atoms with Gasteiger partial charge in [-0.05, 0) is 19.4 Å². The molecule has 0 atom stereocenters. The first kappa shape index (κ1) is 14.9. The summed E-state index contributed by atoms with van der Waals surface area (Å²) < 4.78 is 4.33. The summed E-state index contributed by atoms with van der Waals surface area (Å²) in [7, 11) is 0. The Labute approximate surface area is 124 Å². The minimum absolute atomic E-state index is 0.528. The molecule has 0 aliphatic rings. The molecule has 0 radical (unpaired) electrons. The number of aromatic nitrogens is 2. The lowest BCUT2D eigenvalue weighted by atomic mass is 10.1. The van der Waals surface area contributed by atoms with E-state index in [2.05, 4.69) is 26.4 Å². The summed E-state index contributed by atoms with van der Waals surface area (Å²) in [5, 5.41) is 11.0. The van der Waals surface area contributed by atoms with Crippen LogP contribution in [0.15, 0.2) is 30.3 Å². The number of hydrogen-bond donors (Lipinski definition) is 1. The van der Waals surface area contributed by atoms with Gasteiger partial charge in [-0.1, -0.05) is 37.3 Å². The largest absolute Gasteiger partial charge is 0.389 e. The number of aryl methyl sites for hydroxylation is 1. The Bertz CT molecular complexity index is 534. The Morgan fingerprint density at radius 1 is 1.25 bits per heavy atom. The molecule has 0 fully saturated rings. The second kappa shape index (κ2) is 6.33. The minimum atomic E-state index is -0.771. The lowest BCUT2D eigenvalue weighted by Crippen LogP contribution is -2.38. The summed E-state index contributed by atoms with van der Waals surface area (Å²) in [4.78, 5) is 6.62. The van der Waals surface area contributed by atoms with Crippen LogP contribution in [0.1, 0.15) is 32.2 Å². The average molecular weight is 291 g/mol. The normalized spacial score (nSPS) is 11.6. The van der Waals surface area contributed by atoms with Crippen molar-refractivity contribution < 1.29 is 5.11 Å². The third kappa shape index (κ3) is 4.28. The zero-order chi connectivity index (χ0) is 14.6. The fourth-order valence-corrected chi connectivity index (χ4v) is 2.73. The van der Waals surface area contributed by atoms with Crippen LogP contribution in [0, 0.1) is 0 Å². The Kier molecular flexibility index (Phi) is 4.73. The second-order valence-corrected chi connectivity index (χ2v) is 6.23. The van der Waals surface area contributed by atoms with Gasteiger partial charge < -0.3 is 10.0 Å². The van der Waals surface area contributed by atoms with Gasteiger partial charge in [0.15, 0.2) is 0 Å². The highest BCUT2D eigenvalue weighted by atomic mass is 32.1. The average Bonchev–Trinajstić information content (AvgIpc) is 2.86. The van der Waals surface area contributed by atoms with Gasteiger partial charge in [0.1, 0.15) is 5.82 Å². The third-order valence-electron chi connectivity index (χ3n) is 2.84. The van der Waals surface area contributed by atoms with Gasteiger partial charge in [0.2, 0.25) is 5.13 Å². The van der Waals surface area contributed by atoms with Crippen molar-refractivity contribution in [2.24, 2.45) is 0 Å². The maximum atomic E-state index is 10.1. The van der Waals surface area contributed by atoms with Crippen molar-refractivity contribution in [3.63, 3.8) is 0 Å². The molecular formula is C15H21N3OS. The first-order chi connectivity index (χ1) is 9.48. The van der Waals surface area contributed by atoms with E-state index >= 15 is 0 Å². The molecule has 0 aliphatic carbocycles. The molecule has 0 amide bonds. The highest BCUT2D eigenvalue weighted by Gasteiger charge is 2.21. The fourth-order valence-electron chi connectivity index (χ4n) is 1.98. The van der Waals surface area contributed by atoms with Crippen molar-refractivity contribution in [2.75, 3.05) is 11.4 Å². The topological polar surface area (TPSA) is 49.2 Å². The zero-order valence-electron chi connectivity index (χ0n) is 12.2. The monoisotopic (exact) mass is 291 g/mol. The quantitative estimate of drug-likeness (QED) is 0.889. The first-order valence-corrected chi connectivity index (χ1v) is 7.59. The predicted molar refractivity (Wildman–Crippen MR) is 83.1 cm³/mol. The highest BCUT2D eigenvalue weighted by molar-refractivity contribution is 7.09. The summed E-state index contributed by atoms with van der Waals surface area (Å²) in [6.07, 6.45) is 0.832.